The molecule has 0 aliphatic carbocycles. The molecule has 2 atom stereocenters. The lowest BCUT2D eigenvalue weighted by Crippen LogP contribution is -2.50. The number of aryl methyl sites for hydroxylation is 1. The summed E-state index contributed by atoms with van der Waals surface area (Å²) < 4.78 is 5.26. The second-order valence-electron chi connectivity index (χ2n) is 8.75. The van der Waals surface area contributed by atoms with E-state index in [1.165, 1.54) is 10.8 Å². The normalized spacial score (nSPS) is 12.7. The number of carbonyl (C=O) groups excluding carboxylic acids is 2. The molecule has 2 amide bonds. The molecule has 0 saturated heterocycles. The van der Waals surface area contributed by atoms with Gasteiger partial charge in [0.1, 0.15) is 11.8 Å². The average Bonchev–Trinajstić information content (AvgIpc) is 2.87. The van der Waals surface area contributed by atoms with Gasteiger partial charge in [-0.25, -0.2) is 0 Å². The Hall–Kier alpha value is -3.34. The van der Waals surface area contributed by atoms with Crippen LogP contribution in [0.1, 0.15) is 51.2 Å². The molecule has 0 fully saturated rings. The van der Waals surface area contributed by atoms with Gasteiger partial charge in [-0.15, -0.1) is 0 Å². The van der Waals surface area contributed by atoms with E-state index in [9.17, 15) is 9.59 Å². The number of methoxy groups -OCH3 is 1. The van der Waals surface area contributed by atoms with Crippen LogP contribution in [0.2, 0.25) is 0 Å². The van der Waals surface area contributed by atoms with Crippen molar-refractivity contribution in [3.8, 4) is 5.75 Å². The molecule has 5 nitrogen and oxygen atoms in total. The first-order valence-electron chi connectivity index (χ1n) is 12.2. The van der Waals surface area contributed by atoms with Crippen LogP contribution in [-0.2, 0) is 22.6 Å². The van der Waals surface area contributed by atoms with Crippen molar-refractivity contribution in [2.75, 3.05) is 7.11 Å². The molecule has 3 aromatic carbocycles. The fraction of sp³-hybridized carbons (Fsp3) is 0.379. The summed E-state index contributed by atoms with van der Waals surface area (Å²) in [5.41, 5.74) is 2.11. The van der Waals surface area contributed by atoms with E-state index < -0.39 is 6.04 Å². The Morgan fingerprint density at radius 3 is 2.32 bits per heavy atom. The molecule has 180 valence electrons. The molecule has 0 aliphatic rings. The Morgan fingerprint density at radius 2 is 1.65 bits per heavy atom. The Bertz CT molecular complexity index is 1090. The molecule has 0 aromatic heterocycles. The molecule has 0 bridgehead atoms. The third kappa shape index (κ3) is 6.37. The van der Waals surface area contributed by atoms with Crippen LogP contribution in [0.4, 0.5) is 0 Å². The zero-order valence-electron chi connectivity index (χ0n) is 20.7. The van der Waals surface area contributed by atoms with Crippen LogP contribution in [0, 0.1) is 0 Å². The van der Waals surface area contributed by atoms with Gasteiger partial charge in [0.05, 0.1) is 7.11 Å². The number of nitrogens with zero attached hydrogens (tertiary/aromatic N) is 1. The standard InChI is InChI=1S/C29H36N2O3/c1-5-21(3)30-29(33)27(6-2)31(20-22-14-17-25(34-4)18-15-22)28(32)19-16-24-12-9-11-23-10-7-8-13-26(23)24/h7-15,17-18,21,27H,5-6,16,19-20H2,1-4H3,(H,30,33)/t21-,27+/m1/s1. The minimum atomic E-state index is -0.517. The topological polar surface area (TPSA) is 58.6 Å². The Kier molecular flexibility index (Phi) is 9.08. The summed E-state index contributed by atoms with van der Waals surface area (Å²) in [5, 5.41) is 5.40. The highest BCUT2D eigenvalue weighted by atomic mass is 16.5. The summed E-state index contributed by atoms with van der Waals surface area (Å²) >= 11 is 0. The third-order valence-corrected chi connectivity index (χ3v) is 6.39. The van der Waals surface area contributed by atoms with Crippen LogP contribution in [0.3, 0.4) is 0 Å². The molecule has 3 rings (SSSR count). The first kappa shape index (κ1) is 25.3. The van der Waals surface area contributed by atoms with Gasteiger partial charge < -0.3 is 15.0 Å². The molecule has 3 aromatic rings. The smallest absolute Gasteiger partial charge is 0.243 e. The van der Waals surface area contributed by atoms with Crippen LogP contribution < -0.4 is 10.1 Å². The number of amides is 2. The zero-order valence-corrected chi connectivity index (χ0v) is 20.7. The van der Waals surface area contributed by atoms with Gasteiger partial charge in [0.15, 0.2) is 0 Å². The van der Waals surface area contributed by atoms with Crippen LogP contribution in [0.25, 0.3) is 10.8 Å². The number of hydrogen-bond acceptors (Lipinski definition) is 3. The van der Waals surface area contributed by atoms with E-state index in [1.807, 2.05) is 63.2 Å². The van der Waals surface area contributed by atoms with Crippen molar-refractivity contribution >= 4 is 22.6 Å². The van der Waals surface area contributed by atoms with Gasteiger partial charge in [0.2, 0.25) is 11.8 Å². The van der Waals surface area contributed by atoms with Crippen molar-refractivity contribution in [1.29, 1.82) is 0 Å². The molecule has 0 radical (unpaired) electrons. The second-order valence-corrected chi connectivity index (χ2v) is 8.75. The summed E-state index contributed by atoms with van der Waals surface area (Å²) in [6, 6.07) is 21.6. The lowest BCUT2D eigenvalue weighted by molar-refractivity contribution is -0.141. The maximum absolute atomic E-state index is 13.6. The fourth-order valence-electron chi connectivity index (χ4n) is 4.18. The minimum Gasteiger partial charge on any atom is -0.497 e. The minimum absolute atomic E-state index is 0.0186. The Morgan fingerprint density at radius 1 is 0.941 bits per heavy atom. The van der Waals surface area contributed by atoms with E-state index in [1.54, 1.807) is 12.0 Å². The van der Waals surface area contributed by atoms with Gasteiger partial charge >= 0.3 is 0 Å². The largest absolute Gasteiger partial charge is 0.497 e. The van der Waals surface area contributed by atoms with Gasteiger partial charge in [-0.1, -0.05) is 68.4 Å². The van der Waals surface area contributed by atoms with Crippen LogP contribution >= 0.6 is 0 Å². The highest BCUT2D eigenvalue weighted by Crippen LogP contribution is 2.22. The number of ether oxygens (including phenoxy) is 1. The molecule has 0 spiro atoms. The fourth-order valence-corrected chi connectivity index (χ4v) is 4.18. The maximum Gasteiger partial charge on any atom is 0.243 e. The highest BCUT2D eigenvalue weighted by Gasteiger charge is 2.29. The number of nitrogens with one attached hydrogen (secondary N) is 1. The van der Waals surface area contributed by atoms with E-state index >= 15 is 0 Å². The SMILES string of the molecule is CC[C@@H](C)NC(=O)[C@H](CC)N(Cc1ccc(OC)cc1)C(=O)CCc1cccc2ccccc12. The number of hydrogen-bond donors (Lipinski definition) is 1. The van der Waals surface area contributed by atoms with Gasteiger partial charge in [0.25, 0.3) is 0 Å². The lowest BCUT2D eigenvalue weighted by atomic mass is 10.00. The number of fused-ring (bicyclic) bond motifs is 1. The quantitative estimate of drug-likeness (QED) is 0.411. The molecule has 0 aliphatic heterocycles. The maximum atomic E-state index is 13.6. The summed E-state index contributed by atoms with van der Waals surface area (Å²) in [7, 11) is 1.63. The van der Waals surface area contributed by atoms with Gasteiger partial charge in [-0.05, 0) is 60.2 Å². The van der Waals surface area contributed by atoms with E-state index in [2.05, 4.69) is 29.6 Å². The molecule has 5 heteroatoms. The van der Waals surface area contributed by atoms with Crippen molar-refractivity contribution in [2.24, 2.45) is 0 Å². The Balaban J connectivity index is 1.82. The zero-order chi connectivity index (χ0) is 24.5. The number of benzene rings is 3. The molecule has 0 heterocycles. The van der Waals surface area contributed by atoms with Crippen LogP contribution in [0.5, 0.6) is 5.75 Å². The summed E-state index contributed by atoms with van der Waals surface area (Å²) in [5.74, 6) is 0.651. The van der Waals surface area contributed by atoms with Gasteiger partial charge in [-0.3, -0.25) is 9.59 Å². The van der Waals surface area contributed by atoms with Crippen molar-refractivity contribution in [3.63, 3.8) is 0 Å². The summed E-state index contributed by atoms with van der Waals surface area (Å²) in [6.45, 7) is 6.36. The molecule has 0 unspecified atom stereocenters. The molecular weight excluding hydrogens is 424 g/mol. The second kappa shape index (κ2) is 12.2. The lowest BCUT2D eigenvalue weighted by Gasteiger charge is -2.31. The van der Waals surface area contributed by atoms with E-state index in [0.717, 1.165) is 23.3 Å². The summed E-state index contributed by atoms with van der Waals surface area (Å²) in [4.78, 5) is 28.4. The first-order chi connectivity index (χ1) is 16.5. The monoisotopic (exact) mass is 460 g/mol. The van der Waals surface area contributed by atoms with Crippen molar-refractivity contribution in [3.05, 3.63) is 77.9 Å². The van der Waals surface area contributed by atoms with Crippen LogP contribution in [0.15, 0.2) is 66.7 Å². The van der Waals surface area contributed by atoms with E-state index in [0.29, 0.717) is 25.8 Å². The van der Waals surface area contributed by atoms with E-state index in [-0.39, 0.29) is 17.9 Å². The van der Waals surface area contributed by atoms with Crippen molar-refractivity contribution < 1.29 is 14.3 Å². The number of carbonyl (C=O) groups is 2. The Labute approximate surface area is 203 Å². The predicted octanol–water partition coefficient (Wildman–Crippen LogP) is 5.50. The first-order valence-corrected chi connectivity index (χ1v) is 12.2. The van der Waals surface area contributed by atoms with Gasteiger partial charge in [0, 0.05) is 19.0 Å². The molecule has 34 heavy (non-hydrogen) atoms. The molecule has 1 N–H and O–H groups in total. The van der Waals surface area contributed by atoms with Gasteiger partial charge in [-0.2, -0.15) is 0 Å². The highest BCUT2D eigenvalue weighted by molar-refractivity contribution is 5.89. The molecular formula is C29H36N2O3. The number of rotatable bonds is 11. The average molecular weight is 461 g/mol. The van der Waals surface area contributed by atoms with Crippen LogP contribution in [-0.4, -0.2) is 35.9 Å². The summed E-state index contributed by atoms with van der Waals surface area (Å²) in [6.07, 6.45) is 2.37. The predicted molar refractivity (Wildman–Crippen MR) is 138 cm³/mol. The third-order valence-electron chi connectivity index (χ3n) is 6.39. The van der Waals surface area contributed by atoms with E-state index in [4.69, 9.17) is 4.74 Å². The van der Waals surface area contributed by atoms with Crippen molar-refractivity contribution in [1.82, 2.24) is 10.2 Å². The van der Waals surface area contributed by atoms with Crippen molar-refractivity contribution in [2.45, 2.75) is 65.1 Å². The molecule has 0 saturated carbocycles.